The lowest BCUT2D eigenvalue weighted by Crippen LogP contribution is -2.21. The summed E-state index contributed by atoms with van der Waals surface area (Å²) in [5, 5.41) is 24.9. The highest BCUT2D eigenvalue weighted by Crippen LogP contribution is 2.25. The number of nitrogens with one attached hydrogen (secondary N) is 2. The summed E-state index contributed by atoms with van der Waals surface area (Å²) < 4.78 is 17.9. The molecule has 0 saturated heterocycles. The largest absolute Gasteiger partial charge is 0.507 e. The molecule has 0 fully saturated rings. The number of benzene rings is 2. The first-order chi connectivity index (χ1) is 15.6. The van der Waals surface area contributed by atoms with Gasteiger partial charge in [0.25, 0.3) is 0 Å². The number of hydrazone groups is 1. The number of fused-ring (bicyclic) bond motifs is 1. The smallest absolute Gasteiger partial charge is 0.245 e. The predicted molar refractivity (Wildman–Crippen MR) is 120 cm³/mol. The average Bonchev–Trinajstić information content (AvgIpc) is 3.25. The summed E-state index contributed by atoms with van der Waals surface area (Å²) in [6, 6.07) is 11.2. The molecule has 164 valence electrons. The zero-order valence-corrected chi connectivity index (χ0v) is 17.4. The van der Waals surface area contributed by atoms with Crippen LogP contribution < -0.4 is 15.6 Å². The van der Waals surface area contributed by atoms with E-state index in [0.717, 1.165) is 18.8 Å². The van der Waals surface area contributed by atoms with Gasteiger partial charge in [-0.2, -0.15) is 10.1 Å². The second kappa shape index (κ2) is 9.25. The highest BCUT2D eigenvalue weighted by atomic mass is 19.1. The summed E-state index contributed by atoms with van der Waals surface area (Å²) in [6.07, 6.45) is 1.47. The summed E-state index contributed by atoms with van der Waals surface area (Å²) in [5.41, 5.74) is 5.23. The lowest BCUT2D eigenvalue weighted by molar-refractivity contribution is 0.314. The van der Waals surface area contributed by atoms with Crippen molar-refractivity contribution < 1.29 is 14.1 Å². The fourth-order valence-electron chi connectivity index (χ4n) is 3.06. The molecule has 3 N–H and O–H groups in total. The molecule has 0 bridgehead atoms. The van der Waals surface area contributed by atoms with E-state index in [4.69, 9.17) is 0 Å². The molecule has 0 aliphatic rings. The minimum absolute atomic E-state index is 0.104. The SMILES string of the molecule is CCN(CC)c1ccc(/C=N\Nc2nc3nonc3nc2Nc2ccc(F)cc2)c(O)c1. The maximum Gasteiger partial charge on any atom is 0.245 e. The Labute approximate surface area is 182 Å². The highest BCUT2D eigenvalue weighted by Gasteiger charge is 2.13. The van der Waals surface area contributed by atoms with E-state index in [1.54, 1.807) is 24.3 Å². The Balaban J connectivity index is 1.57. The Bertz CT molecular complexity index is 1240. The van der Waals surface area contributed by atoms with Gasteiger partial charge in [-0.05, 0) is 60.6 Å². The van der Waals surface area contributed by atoms with Gasteiger partial charge < -0.3 is 15.3 Å². The molecule has 0 amide bonds. The summed E-state index contributed by atoms with van der Waals surface area (Å²) in [5.74, 6) is 0.283. The molecular formula is C21H21FN8O2. The number of aromatic nitrogens is 4. The number of rotatable bonds is 8. The third kappa shape index (κ3) is 4.56. The lowest BCUT2D eigenvalue weighted by Gasteiger charge is -2.21. The van der Waals surface area contributed by atoms with E-state index < -0.39 is 0 Å². The quantitative estimate of drug-likeness (QED) is 0.279. The first-order valence-electron chi connectivity index (χ1n) is 9.97. The van der Waals surface area contributed by atoms with Gasteiger partial charge in [0, 0.05) is 36.1 Å². The van der Waals surface area contributed by atoms with Gasteiger partial charge in [0.15, 0.2) is 11.6 Å². The number of anilines is 4. The van der Waals surface area contributed by atoms with Crippen molar-refractivity contribution in [1.29, 1.82) is 0 Å². The van der Waals surface area contributed by atoms with E-state index in [0.29, 0.717) is 11.3 Å². The van der Waals surface area contributed by atoms with Crippen molar-refractivity contribution in [3.05, 3.63) is 53.8 Å². The van der Waals surface area contributed by atoms with E-state index in [9.17, 15) is 9.50 Å². The van der Waals surface area contributed by atoms with Gasteiger partial charge in [0.05, 0.1) is 6.21 Å². The van der Waals surface area contributed by atoms with Crippen molar-refractivity contribution in [2.45, 2.75) is 13.8 Å². The Hall–Kier alpha value is -4.28. The molecule has 0 unspecified atom stereocenters. The topological polar surface area (TPSA) is 125 Å². The van der Waals surface area contributed by atoms with Crippen molar-refractivity contribution in [2.75, 3.05) is 28.7 Å². The Morgan fingerprint density at radius 1 is 1.03 bits per heavy atom. The van der Waals surface area contributed by atoms with Crippen LogP contribution in [0.25, 0.3) is 11.3 Å². The molecule has 0 aliphatic carbocycles. The molecule has 11 heteroatoms. The van der Waals surface area contributed by atoms with Crippen molar-refractivity contribution in [3.8, 4) is 5.75 Å². The van der Waals surface area contributed by atoms with Crippen LogP contribution in [0.15, 0.2) is 52.2 Å². The molecule has 0 atom stereocenters. The van der Waals surface area contributed by atoms with Crippen LogP contribution in [-0.4, -0.2) is 44.7 Å². The molecule has 2 aromatic carbocycles. The molecule has 4 rings (SSSR count). The molecule has 0 aliphatic heterocycles. The second-order valence-corrected chi connectivity index (χ2v) is 6.75. The van der Waals surface area contributed by atoms with Crippen LogP contribution >= 0.6 is 0 Å². The van der Waals surface area contributed by atoms with Crippen LogP contribution in [-0.2, 0) is 0 Å². The lowest BCUT2D eigenvalue weighted by atomic mass is 10.2. The maximum absolute atomic E-state index is 13.2. The van der Waals surface area contributed by atoms with Crippen LogP contribution in [0.1, 0.15) is 19.4 Å². The zero-order chi connectivity index (χ0) is 22.5. The first kappa shape index (κ1) is 21.0. The number of aromatic hydroxyl groups is 1. The van der Waals surface area contributed by atoms with Crippen molar-refractivity contribution in [2.24, 2.45) is 5.10 Å². The molecule has 0 spiro atoms. The predicted octanol–water partition coefficient (Wildman–Crippen LogP) is 3.89. The summed E-state index contributed by atoms with van der Waals surface area (Å²) in [7, 11) is 0. The van der Waals surface area contributed by atoms with E-state index >= 15 is 0 Å². The highest BCUT2D eigenvalue weighted by molar-refractivity contribution is 5.85. The van der Waals surface area contributed by atoms with Crippen LogP contribution in [0.2, 0.25) is 0 Å². The van der Waals surface area contributed by atoms with Gasteiger partial charge >= 0.3 is 0 Å². The Morgan fingerprint density at radius 3 is 2.38 bits per heavy atom. The third-order valence-electron chi connectivity index (χ3n) is 4.74. The van der Waals surface area contributed by atoms with Crippen LogP contribution in [0.3, 0.4) is 0 Å². The third-order valence-corrected chi connectivity index (χ3v) is 4.74. The standard InChI is InChI=1S/C21H21FN8O2/c1-3-30(4-2)16-10-5-13(17(31)11-16)12-23-27-19-18(24-15-8-6-14(22)7-9-15)25-20-21(26-19)29-32-28-20/h5-12,31H,3-4H2,1-2H3,(H,24,25,28)(H,26,27,29)/b23-12-. The van der Waals surface area contributed by atoms with Gasteiger partial charge in [-0.25, -0.2) is 14.0 Å². The zero-order valence-electron chi connectivity index (χ0n) is 17.4. The van der Waals surface area contributed by atoms with Crippen LogP contribution in [0.5, 0.6) is 5.75 Å². The molecule has 2 heterocycles. The van der Waals surface area contributed by atoms with Gasteiger partial charge in [0.1, 0.15) is 11.6 Å². The van der Waals surface area contributed by atoms with Gasteiger partial charge in [-0.1, -0.05) is 0 Å². The fraction of sp³-hybridized carbons (Fsp3) is 0.190. The number of hydrogen-bond acceptors (Lipinski definition) is 10. The minimum atomic E-state index is -0.354. The Morgan fingerprint density at radius 2 is 1.72 bits per heavy atom. The molecule has 0 saturated carbocycles. The monoisotopic (exact) mass is 436 g/mol. The molecule has 32 heavy (non-hydrogen) atoms. The molecular weight excluding hydrogens is 415 g/mol. The van der Waals surface area contributed by atoms with E-state index in [1.165, 1.54) is 18.3 Å². The van der Waals surface area contributed by atoms with E-state index in [1.807, 2.05) is 6.07 Å². The fourth-order valence-corrected chi connectivity index (χ4v) is 3.06. The number of nitrogens with zero attached hydrogens (tertiary/aromatic N) is 6. The second-order valence-electron chi connectivity index (χ2n) is 6.75. The average molecular weight is 436 g/mol. The van der Waals surface area contributed by atoms with Crippen molar-refractivity contribution in [1.82, 2.24) is 20.3 Å². The van der Waals surface area contributed by atoms with E-state index in [-0.39, 0.29) is 34.5 Å². The van der Waals surface area contributed by atoms with Crippen LogP contribution in [0, 0.1) is 5.82 Å². The number of phenols is 1. The molecule has 4 aromatic rings. The summed E-state index contributed by atoms with van der Waals surface area (Å²) >= 11 is 0. The number of hydrogen-bond donors (Lipinski definition) is 3. The van der Waals surface area contributed by atoms with Crippen LogP contribution in [0.4, 0.5) is 27.4 Å². The van der Waals surface area contributed by atoms with Gasteiger partial charge in [0.2, 0.25) is 11.3 Å². The first-order valence-corrected chi connectivity index (χ1v) is 9.97. The summed E-state index contributed by atoms with van der Waals surface area (Å²) in [4.78, 5) is 10.7. The minimum Gasteiger partial charge on any atom is -0.507 e. The Kier molecular flexibility index (Phi) is 6.06. The number of halogens is 1. The number of phenolic OH excluding ortho intramolecular Hbond substituents is 1. The molecule has 2 aromatic heterocycles. The van der Waals surface area contributed by atoms with Crippen molar-refractivity contribution >= 4 is 40.5 Å². The van der Waals surface area contributed by atoms with Crippen molar-refractivity contribution in [3.63, 3.8) is 0 Å². The molecule has 10 nitrogen and oxygen atoms in total. The normalized spacial score (nSPS) is 11.2. The van der Waals surface area contributed by atoms with E-state index in [2.05, 4.69) is 59.5 Å². The molecule has 0 radical (unpaired) electrons. The van der Waals surface area contributed by atoms with Gasteiger partial charge in [-0.15, -0.1) is 0 Å². The summed E-state index contributed by atoms with van der Waals surface area (Å²) in [6.45, 7) is 5.79. The van der Waals surface area contributed by atoms with Gasteiger partial charge in [-0.3, -0.25) is 5.43 Å². The maximum atomic E-state index is 13.2.